The van der Waals surface area contributed by atoms with Crippen molar-refractivity contribution in [2.75, 3.05) is 32.1 Å². The number of ether oxygens (including phenoxy) is 1. The number of carboxylic acids is 2. The fourth-order valence-electron chi connectivity index (χ4n) is 2.99. The molecule has 0 unspecified atom stereocenters. The van der Waals surface area contributed by atoms with Crippen LogP contribution >= 0.6 is 0 Å². The number of esters is 1. The van der Waals surface area contributed by atoms with E-state index < -0.39 is 17.9 Å². The summed E-state index contributed by atoms with van der Waals surface area (Å²) in [7, 11) is 1.32. The van der Waals surface area contributed by atoms with Crippen LogP contribution in [-0.2, 0) is 19.1 Å². The largest absolute Gasteiger partial charge is 0.473 e. The SMILES string of the molecule is COC(=O)c1ccc(NC(=O)CN2CC(c3nc(-c4cnccn4)no3)C2)cc1.O=C(O)C(=O)O. The predicted molar refractivity (Wildman–Crippen MR) is 116 cm³/mol. The fourth-order valence-corrected chi connectivity index (χ4v) is 2.99. The summed E-state index contributed by atoms with van der Waals surface area (Å²) in [5.74, 6) is -3.19. The smallest absolute Gasteiger partial charge is 0.414 e. The van der Waals surface area contributed by atoms with Crippen LogP contribution in [0, 0.1) is 0 Å². The molecule has 0 atom stereocenters. The number of amides is 1. The highest BCUT2D eigenvalue weighted by molar-refractivity contribution is 6.27. The Balaban J connectivity index is 0.000000509. The number of likely N-dealkylation sites (tertiary alicyclic amines) is 1. The Morgan fingerprint density at radius 3 is 2.37 bits per heavy atom. The number of aliphatic carboxylic acids is 2. The molecule has 35 heavy (non-hydrogen) atoms. The Bertz CT molecular complexity index is 1180. The third-order valence-electron chi connectivity index (χ3n) is 4.68. The summed E-state index contributed by atoms with van der Waals surface area (Å²) in [6, 6.07) is 6.53. The molecule has 14 heteroatoms. The molecule has 1 fully saturated rings. The molecule has 3 aromatic rings. The molecule has 3 N–H and O–H groups in total. The van der Waals surface area contributed by atoms with Crippen molar-refractivity contribution in [3.8, 4) is 11.5 Å². The molecule has 1 saturated heterocycles. The van der Waals surface area contributed by atoms with Gasteiger partial charge in [0.05, 0.1) is 31.3 Å². The van der Waals surface area contributed by atoms with Crippen molar-refractivity contribution in [3.63, 3.8) is 0 Å². The van der Waals surface area contributed by atoms with Crippen molar-refractivity contribution < 1.29 is 38.7 Å². The molecule has 1 aliphatic heterocycles. The minimum atomic E-state index is -1.82. The van der Waals surface area contributed by atoms with E-state index in [1.54, 1.807) is 42.9 Å². The number of carbonyl (C=O) groups is 4. The van der Waals surface area contributed by atoms with Crippen LogP contribution in [0.4, 0.5) is 5.69 Å². The molecule has 1 amide bonds. The summed E-state index contributed by atoms with van der Waals surface area (Å²) in [6.45, 7) is 1.55. The molecular weight excluding hydrogens is 464 g/mol. The maximum atomic E-state index is 12.2. The van der Waals surface area contributed by atoms with Gasteiger partial charge in [-0.3, -0.25) is 14.7 Å². The summed E-state index contributed by atoms with van der Waals surface area (Å²) in [4.78, 5) is 56.3. The first-order valence-electron chi connectivity index (χ1n) is 10.0. The minimum absolute atomic E-state index is 0.0834. The zero-order valence-electron chi connectivity index (χ0n) is 18.3. The Morgan fingerprint density at radius 2 is 1.80 bits per heavy atom. The van der Waals surface area contributed by atoms with E-state index in [1.165, 1.54) is 7.11 Å². The number of aromatic nitrogens is 4. The minimum Gasteiger partial charge on any atom is -0.473 e. The number of nitrogens with one attached hydrogen (secondary N) is 1. The number of hydrogen-bond donors (Lipinski definition) is 3. The number of nitrogens with zero attached hydrogens (tertiary/aromatic N) is 5. The molecule has 3 heterocycles. The van der Waals surface area contributed by atoms with E-state index in [9.17, 15) is 9.59 Å². The summed E-state index contributed by atoms with van der Waals surface area (Å²) >= 11 is 0. The van der Waals surface area contributed by atoms with E-state index >= 15 is 0 Å². The number of hydrogen-bond acceptors (Lipinski definition) is 11. The summed E-state index contributed by atoms with van der Waals surface area (Å²) in [5, 5.41) is 21.5. The molecule has 1 aliphatic rings. The first-order chi connectivity index (χ1) is 16.8. The van der Waals surface area contributed by atoms with Crippen LogP contribution < -0.4 is 5.32 Å². The predicted octanol–water partition coefficient (Wildman–Crippen LogP) is 0.507. The van der Waals surface area contributed by atoms with Gasteiger partial charge in [0.1, 0.15) is 5.69 Å². The summed E-state index contributed by atoms with van der Waals surface area (Å²) in [5.41, 5.74) is 1.60. The monoisotopic (exact) mass is 484 g/mol. The molecule has 0 spiro atoms. The van der Waals surface area contributed by atoms with Crippen molar-refractivity contribution in [2.45, 2.75) is 5.92 Å². The Kier molecular flexibility index (Phi) is 8.13. The zero-order chi connectivity index (χ0) is 25.4. The van der Waals surface area contributed by atoms with Gasteiger partial charge in [0.2, 0.25) is 17.6 Å². The van der Waals surface area contributed by atoms with E-state index in [0.717, 1.165) is 0 Å². The van der Waals surface area contributed by atoms with Gasteiger partial charge >= 0.3 is 17.9 Å². The first kappa shape index (κ1) is 24.9. The second kappa shape index (κ2) is 11.4. The van der Waals surface area contributed by atoms with Crippen LogP contribution in [-0.4, -0.2) is 85.8 Å². The lowest BCUT2D eigenvalue weighted by atomic mass is 10.0. The topological polar surface area (TPSA) is 198 Å². The van der Waals surface area contributed by atoms with Gasteiger partial charge in [-0.1, -0.05) is 5.16 Å². The van der Waals surface area contributed by atoms with Crippen LogP contribution in [0.1, 0.15) is 22.2 Å². The molecule has 0 bridgehead atoms. The van der Waals surface area contributed by atoms with Crippen LogP contribution in [0.15, 0.2) is 47.4 Å². The first-order valence-corrected chi connectivity index (χ1v) is 10.0. The molecule has 14 nitrogen and oxygen atoms in total. The molecule has 0 radical (unpaired) electrons. The van der Waals surface area contributed by atoms with Gasteiger partial charge in [-0.15, -0.1) is 0 Å². The third kappa shape index (κ3) is 6.88. The highest BCUT2D eigenvalue weighted by Crippen LogP contribution is 2.26. The van der Waals surface area contributed by atoms with Crippen molar-refractivity contribution >= 4 is 29.5 Å². The lowest BCUT2D eigenvalue weighted by Crippen LogP contribution is -2.48. The van der Waals surface area contributed by atoms with Crippen molar-refractivity contribution in [1.29, 1.82) is 0 Å². The highest BCUT2D eigenvalue weighted by atomic mass is 16.5. The second-order valence-corrected chi connectivity index (χ2v) is 7.17. The standard InChI is InChI=1S/C19H18N6O4.C2H2O4/c1-28-19(27)12-2-4-14(5-3-12)22-16(26)11-25-9-13(10-25)18-23-17(24-29-18)15-8-20-6-7-21-15;3-1(4)2(5)6/h2-8,13H,9-11H2,1H3,(H,22,26);(H,3,4)(H,5,6). The lowest BCUT2D eigenvalue weighted by molar-refractivity contribution is -0.159. The van der Waals surface area contributed by atoms with Gasteiger partial charge in [0.15, 0.2) is 0 Å². The fraction of sp³-hybridized carbons (Fsp3) is 0.238. The van der Waals surface area contributed by atoms with E-state index in [1.807, 2.05) is 4.90 Å². The van der Waals surface area contributed by atoms with E-state index in [-0.39, 0.29) is 18.4 Å². The van der Waals surface area contributed by atoms with Crippen LogP contribution in [0.5, 0.6) is 0 Å². The van der Waals surface area contributed by atoms with E-state index in [2.05, 4.69) is 30.2 Å². The van der Waals surface area contributed by atoms with Crippen molar-refractivity contribution in [2.24, 2.45) is 0 Å². The molecule has 182 valence electrons. The van der Waals surface area contributed by atoms with Crippen LogP contribution in [0.25, 0.3) is 11.5 Å². The molecule has 2 aromatic heterocycles. The number of anilines is 1. The number of benzene rings is 1. The highest BCUT2D eigenvalue weighted by Gasteiger charge is 2.33. The van der Waals surface area contributed by atoms with E-state index in [0.29, 0.717) is 41.7 Å². The summed E-state index contributed by atoms with van der Waals surface area (Å²) in [6.07, 6.45) is 4.72. The average molecular weight is 484 g/mol. The molecule has 4 rings (SSSR count). The maximum Gasteiger partial charge on any atom is 0.414 e. The van der Waals surface area contributed by atoms with Crippen LogP contribution in [0.3, 0.4) is 0 Å². The maximum absolute atomic E-state index is 12.2. The Morgan fingerprint density at radius 1 is 1.11 bits per heavy atom. The van der Waals surface area contributed by atoms with Gasteiger partial charge in [0, 0.05) is 31.2 Å². The van der Waals surface area contributed by atoms with Gasteiger partial charge < -0.3 is 24.8 Å². The third-order valence-corrected chi connectivity index (χ3v) is 4.68. The van der Waals surface area contributed by atoms with Crippen LogP contribution in [0.2, 0.25) is 0 Å². The Labute approximate surface area is 197 Å². The number of methoxy groups -OCH3 is 1. The normalized spacial score (nSPS) is 13.1. The molecule has 0 saturated carbocycles. The van der Waals surface area contributed by atoms with E-state index in [4.69, 9.17) is 24.3 Å². The molecular formula is C21H20N6O8. The second-order valence-electron chi connectivity index (χ2n) is 7.17. The Hall–Kier alpha value is -4.72. The van der Waals surface area contributed by atoms with Gasteiger partial charge in [-0.2, -0.15) is 4.98 Å². The van der Waals surface area contributed by atoms with Gasteiger partial charge in [0.25, 0.3) is 0 Å². The summed E-state index contributed by atoms with van der Waals surface area (Å²) < 4.78 is 9.97. The average Bonchev–Trinajstić information content (AvgIpc) is 3.31. The zero-order valence-corrected chi connectivity index (χ0v) is 18.3. The molecule has 1 aromatic carbocycles. The van der Waals surface area contributed by atoms with Crippen molar-refractivity contribution in [3.05, 3.63) is 54.3 Å². The lowest BCUT2D eigenvalue weighted by Gasteiger charge is -2.36. The molecule has 0 aliphatic carbocycles. The number of carbonyl (C=O) groups excluding carboxylic acids is 2. The number of rotatable bonds is 6. The quantitative estimate of drug-likeness (QED) is 0.323. The van der Waals surface area contributed by atoms with Gasteiger partial charge in [-0.05, 0) is 24.3 Å². The van der Waals surface area contributed by atoms with Gasteiger partial charge in [-0.25, -0.2) is 19.4 Å². The number of carboxylic acid groups (broad SMARTS) is 2. The van der Waals surface area contributed by atoms with Crippen molar-refractivity contribution in [1.82, 2.24) is 25.0 Å².